The summed E-state index contributed by atoms with van der Waals surface area (Å²) in [5, 5.41) is 28.9. The molecule has 2 aromatic carbocycles. The molecule has 1 aliphatic rings. The maximum Gasteiger partial charge on any atom is 0.307 e. The number of tetrazole rings is 1. The first kappa shape index (κ1) is 24.9. The Morgan fingerprint density at radius 3 is 2.64 bits per heavy atom. The van der Waals surface area contributed by atoms with Crippen molar-refractivity contribution in [3.63, 3.8) is 0 Å². The van der Waals surface area contributed by atoms with Crippen molar-refractivity contribution in [3.8, 4) is 5.69 Å². The van der Waals surface area contributed by atoms with Crippen LogP contribution in [0.4, 0.5) is 4.39 Å². The van der Waals surface area contributed by atoms with Gasteiger partial charge in [-0.3, -0.25) is 14.4 Å². The minimum atomic E-state index is -1.21. The minimum Gasteiger partial charge on any atom is -0.481 e. The molecule has 11 nitrogen and oxygen atoms in total. The zero-order chi connectivity index (χ0) is 25.8. The van der Waals surface area contributed by atoms with E-state index in [0.717, 1.165) is 17.1 Å². The van der Waals surface area contributed by atoms with Crippen LogP contribution < -0.4 is 5.32 Å². The summed E-state index contributed by atoms with van der Waals surface area (Å²) < 4.78 is 14.9. The first-order valence-corrected chi connectivity index (χ1v) is 11.3. The van der Waals surface area contributed by atoms with Gasteiger partial charge >= 0.3 is 5.97 Å². The van der Waals surface area contributed by atoms with Gasteiger partial charge in [0.05, 0.1) is 17.5 Å². The Morgan fingerprint density at radius 2 is 1.97 bits per heavy atom. The number of rotatable bonds is 8. The highest BCUT2D eigenvalue weighted by Crippen LogP contribution is 2.30. The van der Waals surface area contributed by atoms with Gasteiger partial charge < -0.3 is 10.4 Å². The Labute approximate surface area is 209 Å². The standard InChI is InChI=1S/C23H21ClFN7O4/c1-13(23(35)36)20(14-2-5-17(25)6-3-14)22(34)32-19(8-9-28-32)21(33)26-11-15-10-16(24)4-7-18(15)31-12-27-29-30-31/h2-7,9-10,12-13,19-20H,8,11H2,1H3,(H,26,33)(H,35,36)/t13?,19-,20+/m0/s1. The molecule has 36 heavy (non-hydrogen) atoms. The van der Waals surface area contributed by atoms with Crippen molar-refractivity contribution in [2.24, 2.45) is 11.0 Å². The highest BCUT2D eigenvalue weighted by molar-refractivity contribution is 6.30. The number of halogens is 2. The van der Waals surface area contributed by atoms with Crippen LogP contribution in [0.1, 0.15) is 30.4 Å². The van der Waals surface area contributed by atoms with Gasteiger partial charge in [-0.15, -0.1) is 5.10 Å². The average Bonchev–Trinajstić information content (AvgIpc) is 3.56. The van der Waals surface area contributed by atoms with Crippen LogP contribution in [0.3, 0.4) is 0 Å². The number of carbonyl (C=O) groups is 3. The van der Waals surface area contributed by atoms with Crippen LogP contribution in [0.2, 0.25) is 5.02 Å². The lowest BCUT2D eigenvalue weighted by molar-refractivity contribution is -0.148. The number of carboxylic acids is 1. The van der Waals surface area contributed by atoms with Crippen molar-refractivity contribution in [3.05, 3.63) is 70.8 Å². The number of nitrogens with one attached hydrogen (secondary N) is 1. The van der Waals surface area contributed by atoms with Gasteiger partial charge in [-0.05, 0) is 51.9 Å². The number of amides is 2. The van der Waals surface area contributed by atoms with Crippen LogP contribution in [-0.2, 0) is 20.9 Å². The molecule has 0 aliphatic carbocycles. The minimum absolute atomic E-state index is 0.0556. The van der Waals surface area contributed by atoms with Crippen molar-refractivity contribution >= 4 is 35.6 Å². The maximum absolute atomic E-state index is 13.5. The fraction of sp³-hybridized carbons (Fsp3) is 0.261. The predicted molar refractivity (Wildman–Crippen MR) is 126 cm³/mol. The predicted octanol–water partition coefficient (Wildman–Crippen LogP) is 2.16. The molecule has 3 aromatic rings. The SMILES string of the molecule is CC(C(=O)O)[C@@H](C(=O)N1N=CC[C@H]1C(=O)NCc1cc(Cl)ccc1-n1cnnn1)c1ccc(F)cc1. The summed E-state index contributed by atoms with van der Waals surface area (Å²) in [5.74, 6) is -5.22. The van der Waals surface area contributed by atoms with Gasteiger partial charge in [0.2, 0.25) is 5.91 Å². The zero-order valence-electron chi connectivity index (χ0n) is 19.0. The zero-order valence-corrected chi connectivity index (χ0v) is 19.7. The summed E-state index contributed by atoms with van der Waals surface area (Å²) in [7, 11) is 0. The number of hydrazone groups is 1. The lowest BCUT2D eigenvalue weighted by Crippen LogP contribution is -2.47. The number of aliphatic carboxylic acids is 1. The molecule has 2 N–H and O–H groups in total. The maximum atomic E-state index is 13.5. The van der Waals surface area contributed by atoms with Crippen molar-refractivity contribution in [2.45, 2.75) is 31.8 Å². The molecule has 0 fully saturated rings. The number of hydrogen-bond donors (Lipinski definition) is 2. The molecular formula is C23H21ClFN7O4. The van der Waals surface area contributed by atoms with Gasteiger partial charge in [0.1, 0.15) is 18.2 Å². The molecule has 3 atom stereocenters. The van der Waals surface area contributed by atoms with Gasteiger partial charge in [0, 0.05) is 24.2 Å². The summed E-state index contributed by atoms with van der Waals surface area (Å²) in [6, 6.07) is 9.04. The van der Waals surface area contributed by atoms with Crippen LogP contribution in [0.15, 0.2) is 53.9 Å². The number of carbonyl (C=O) groups excluding carboxylic acids is 2. The van der Waals surface area contributed by atoms with Gasteiger partial charge in [-0.1, -0.05) is 30.7 Å². The Bertz CT molecular complexity index is 1300. The highest BCUT2D eigenvalue weighted by Gasteiger charge is 2.40. The van der Waals surface area contributed by atoms with E-state index in [1.54, 1.807) is 18.2 Å². The van der Waals surface area contributed by atoms with E-state index in [4.69, 9.17) is 11.6 Å². The molecule has 0 saturated heterocycles. The topological polar surface area (TPSA) is 143 Å². The number of nitrogens with zero attached hydrogens (tertiary/aromatic N) is 6. The first-order chi connectivity index (χ1) is 17.3. The molecule has 2 amide bonds. The molecule has 1 aliphatic heterocycles. The third-order valence-electron chi connectivity index (χ3n) is 5.83. The molecule has 2 heterocycles. The summed E-state index contributed by atoms with van der Waals surface area (Å²) in [6.45, 7) is 1.43. The van der Waals surface area contributed by atoms with E-state index >= 15 is 0 Å². The normalized spacial score (nSPS) is 16.5. The number of aromatic nitrogens is 4. The second kappa shape index (κ2) is 10.6. The van der Waals surface area contributed by atoms with Crippen LogP contribution in [0.25, 0.3) is 5.69 Å². The second-order valence-corrected chi connectivity index (χ2v) is 8.57. The lowest BCUT2D eigenvalue weighted by Gasteiger charge is -2.28. The summed E-state index contributed by atoms with van der Waals surface area (Å²) >= 11 is 6.13. The average molecular weight is 514 g/mol. The Hall–Kier alpha value is -4.19. The largest absolute Gasteiger partial charge is 0.481 e. The Balaban J connectivity index is 1.53. The van der Waals surface area contributed by atoms with Crippen LogP contribution in [-0.4, -0.2) is 60.4 Å². The second-order valence-electron chi connectivity index (χ2n) is 8.13. The monoisotopic (exact) mass is 513 g/mol. The van der Waals surface area contributed by atoms with E-state index in [0.29, 0.717) is 21.8 Å². The smallest absolute Gasteiger partial charge is 0.307 e. The Kier molecular flexibility index (Phi) is 7.34. The fourth-order valence-corrected chi connectivity index (χ4v) is 4.13. The van der Waals surface area contributed by atoms with E-state index in [1.165, 1.54) is 36.3 Å². The highest BCUT2D eigenvalue weighted by atomic mass is 35.5. The molecule has 0 bridgehead atoms. The summed E-state index contributed by atoms with van der Waals surface area (Å²) in [4.78, 5) is 38.3. The molecule has 13 heteroatoms. The number of benzene rings is 2. The number of hydrogen-bond acceptors (Lipinski definition) is 7. The van der Waals surface area contributed by atoms with Crippen LogP contribution in [0, 0.1) is 11.7 Å². The third kappa shape index (κ3) is 5.23. The van der Waals surface area contributed by atoms with Crippen molar-refractivity contribution < 1.29 is 23.9 Å². The van der Waals surface area contributed by atoms with E-state index < -0.39 is 41.5 Å². The quantitative estimate of drug-likeness (QED) is 0.470. The van der Waals surface area contributed by atoms with Crippen molar-refractivity contribution in [1.29, 1.82) is 0 Å². The van der Waals surface area contributed by atoms with E-state index in [9.17, 15) is 23.9 Å². The van der Waals surface area contributed by atoms with Crippen molar-refractivity contribution in [1.82, 2.24) is 30.5 Å². The molecule has 0 spiro atoms. The molecule has 4 rings (SSSR count). The van der Waals surface area contributed by atoms with Crippen LogP contribution in [0.5, 0.6) is 0 Å². The van der Waals surface area contributed by atoms with E-state index in [1.807, 2.05) is 0 Å². The summed E-state index contributed by atoms with van der Waals surface area (Å²) in [5.41, 5.74) is 1.54. The first-order valence-electron chi connectivity index (χ1n) is 10.9. The van der Waals surface area contributed by atoms with Crippen molar-refractivity contribution in [2.75, 3.05) is 0 Å². The van der Waals surface area contributed by atoms with Gasteiger partial charge in [-0.2, -0.15) is 5.10 Å². The van der Waals surface area contributed by atoms with Gasteiger partial charge in [-0.25, -0.2) is 14.1 Å². The molecule has 186 valence electrons. The van der Waals surface area contributed by atoms with E-state index in [2.05, 4.69) is 25.9 Å². The van der Waals surface area contributed by atoms with Gasteiger partial charge in [0.15, 0.2) is 0 Å². The van der Waals surface area contributed by atoms with Gasteiger partial charge in [0.25, 0.3) is 5.91 Å². The fourth-order valence-electron chi connectivity index (χ4n) is 3.94. The lowest BCUT2D eigenvalue weighted by atomic mass is 9.86. The van der Waals surface area contributed by atoms with Crippen LogP contribution >= 0.6 is 11.6 Å². The Morgan fingerprint density at radius 1 is 1.22 bits per heavy atom. The molecule has 0 radical (unpaired) electrons. The van der Waals surface area contributed by atoms with E-state index in [-0.39, 0.29) is 13.0 Å². The molecule has 0 saturated carbocycles. The third-order valence-corrected chi connectivity index (χ3v) is 6.07. The molecule has 1 aromatic heterocycles. The molecule has 1 unspecified atom stereocenters. The number of carboxylic acid groups (broad SMARTS) is 1. The molecular weight excluding hydrogens is 493 g/mol. The summed E-state index contributed by atoms with van der Waals surface area (Å²) in [6.07, 6.45) is 2.96.